The number of hydrogen-bond acceptors (Lipinski definition) is 6. The van der Waals surface area contributed by atoms with Crippen molar-refractivity contribution in [3.8, 4) is 11.9 Å². The lowest BCUT2D eigenvalue weighted by Crippen LogP contribution is -2.39. The Morgan fingerprint density at radius 2 is 1.93 bits per heavy atom. The van der Waals surface area contributed by atoms with Gasteiger partial charge in [0.25, 0.3) is 0 Å². The number of rotatable bonds is 7. The Morgan fingerprint density at radius 3 is 2.54 bits per heavy atom. The number of carbonyl (C=O) groups excluding carboxylic acids is 1. The van der Waals surface area contributed by atoms with Crippen LogP contribution in [0.1, 0.15) is 36.3 Å². The zero-order chi connectivity index (χ0) is 20.1. The van der Waals surface area contributed by atoms with Crippen LogP contribution in [0.5, 0.6) is 11.9 Å². The normalized spacial score (nSPS) is 14.9. The fourth-order valence-electron chi connectivity index (χ4n) is 3.70. The van der Waals surface area contributed by atoms with Gasteiger partial charge in [-0.2, -0.15) is 4.98 Å². The van der Waals surface area contributed by atoms with E-state index in [2.05, 4.69) is 19.5 Å². The van der Waals surface area contributed by atoms with Crippen molar-refractivity contribution in [3.05, 3.63) is 29.5 Å². The molecule has 1 saturated heterocycles. The highest BCUT2D eigenvalue weighted by Crippen LogP contribution is 2.25. The minimum Gasteiger partial charge on any atom is -0.481 e. The van der Waals surface area contributed by atoms with Gasteiger partial charge in [0.15, 0.2) is 0 Å². The zero-order valence-corrected chi connectivity index (χ0v) is 17.1. The lowest BCUT2D eigenvalue weighted by molar-refractivity contribution is -0.131. The van der Waals surface area contributed by atoms with E-state index in [1.54, 1.807) is 7.11 Å². The van der Waals surface area contributed by atoms with E-state index in [0.717, 1.165) is 50.3 Å². The second-order valence-corrected chi connectivity index (χ2v) is 7.24. The van der Waals surface area contributed by atoms with Gasteiger partial charge in [-0.25, -0.2) is 9.97 Å². The predicted molar refractivity (Wildman–Crippen MR) is 104 cm³/mol. The molecule has 0 atom stereocenters. The van der Waals surface area contributed by atoms with Crippen molar-refractivity contribution in [2.24, 2.45) is 5.92 Å². The van der Waals surface area contributed by atoms with Crippen LogP contribution in [0.2, 0.25) is 0 Å². The predicted octanol–water partition coefficient (Wildman–Crippen LogP) is 2.18. The fraction of sp³-hybridized carbons (Fsp3) is 0.600. The molecule has 1 amide bonds. The fourth-order valence-corrected chi connectivity index (χ4v) is 3.70. The molecule has 3 rings (SSSR count). The van der Waals surface area contributed by atoms with Crippen LogP contribution in [0.3, 0.4) is 0 Å². The largest absolute Gasteiger partial charge is 0.481 e. The van der Waals surface area contributed by atoms with E-state index in [4.69, 9.17) is 9.47 Å². The van der Waals surface area contributed by atoms with Crippen LogP contribution in [0.15, 0.2) is 12.4 Å². The molecule has 3 heterocycles. The van der Waals surface area contributed by atoms with Crippen LogP contribution in [-0.4, -0.2) is 57.6 Å². The Bertz CT molecular complexity index is 812. The first-order chi connectivity index (χ1) is 13.5. The van der Waals surface area contributed by atoms with Crippen molar-refractivity contribution in [1.82, 2.24) is 24.4 Å². The van der Waals surface area contributed by atoms with Gasteiger partial charge in [-0.1, -0.05) is 0 Å². The number of hydrogen-bond donors (Lipinski definition) is 0. The topological polar surface area (TPSA) is 82.4 Å². The maximum absolute atomic E-state index is 12.8. The van der Waals surface area contributed by atoms with Gasteiger partial charge in [-0.15, -0.1) is 0 Å². The highest BCUT2D eigenvalue weighted by Gasteiger charge is 2.25. The van der Waals surface area contributed by atoms with Gasteiger partial charge in [0.2, 0.25) is 11.8 Å². The number of amides is 1. The summed E-state index contributed by atoms with van der Waals surface area (Å²) >= 11 is 0. The number of aryl methyl sites for hydroxylation is 3. The summed E-state index contributed by atoms with van der Waals surface area (Å²) in [6.07, 6.45) is 7.32. The Labute approximate surface area is 165 Å². The minimum atomic E-state index is 0.0964. The van der Waals surface area contributed by atoms with Crippen LogP contribution in [0.25, 0.3) is 0 Å². The van der Waals surface area contributed by atoms with Crippen molar-refractivity contribution >= 4 is 5.91 Å². The van der Waals surface area contributed by atoms with E-state index in [1.807, 2.05) is 31.1 Å². The van der Waals surface area contributed by atoms with Crippen molar-refractivity contribution in [2.45, 2.75) is 46.1 Å². The molecule has 0 aliphatic carbocycles. The summed E-state index contributed by atoms with van der Waals surface area (Å²) in [4.78, 5) is 27.5. The Kier molecular flexibility index (Phi) is 6.49. The number of ether oxygens (including phenoxy) is 2. The minimum absolute atomic E-state index is 0.0964. The van der Waals surface area contributed by atoms with Crippen LogP contribution in [0.4, 0.5) is 0 Å². The van der Waals surface area contributed by atoms with Gasteiger partial charge < -0.3 is 18.9 Å². The lowest BCUT2D eigenvalue weighted by Gasteiger charge is -2.32. The number of aromatic nitrogens is 4. The number of imidazole rings is 1. The first-order valence-corrected chi connectivity index (χ1v) is 9.72. The SMILES string of the molecule is COc1nc(C)c(CC(=O)N2CCC(CCn3ccnc3C)CC2)c(OC)n1. The van der Waals surface area contributed by atoms with Gasteiger partial charge in [0.1, 0.15) is 5.82 Å². The van der Waals surface area contributed by atoms with Crippen LogP contribution in [-0.2, 0) is 17.8 Å². The third kappa shape index (κ3) is 4.61. The van der Waals surface area contributed by atoms with Gasteiger partial charge in [-0.3, -0.25) is 4.79 Å². The summed E-state index contributed by atoms with van der Waals surface area (Å²) in [6.45, 7) is 6.46. The van der Waals surface area contributed by atoms with Crippen molar-refractivity contribution in [2.75, 3.05) is 27.3 Å². The average Bonchev–Trinajstić information content (AvgIpc) is 3.12. The number of methoxy groups -OCH3 is 2. The second-order valence-electron chi connectivity index (χ2n) is 7.24. The third-order valence-corrected chi connectivity index (χ3v) is 5.53. The molecule has 28 heavy (non-hydrogen) atoms. The van der Waals surface area contributed by atoms with E-state index in [1.165, 1.54) is 7.11 Å². The maximum Gasteiger partial charge on any atom is 0.319 e. The summed E-state index contributed by atoms with van der Waals surface area (Å²) < 4.78 is 12.6. The molecule has 0 bridgehead atoms. The molecular weight excluding hydrogens is 358 g/mol. The lowest BCUT2D eigenvalue weighted by atomic mass is 9.93. The molecule has 1 fully saturated rings. The number of nitrogens with zero attached hydrogens (tertiary/aromatic N) is 5. The van der Waals surface area contributed by atoms with Crippen molar-refractivity contribution in [1.29, 1.82) is 0 Å². The first-order valence-electron chi connectivity index (χ1n) is 9.72. The van der Waals surface area contributed by atoms with Gasteiger partial charge in [0.05, 0.1) is 26.3 Å². The molecule has 2 aromatic heterocycles. The molecule has 1 aliphatic rings. The van der Waals surface area contributed by atoms with Gasteiger partial charge in [0, 0.05) is 37.6 Å². The third-order valence-electron chi connectivity index (χ3n) is 5.53. The molecule has 8 nitrogen and oxygen atoms in total. The number of piperidine rings is 1. The van der Waals surface area contributed by atoms with Crippen molar-refractivity contribution in [3.63, 3.8) is 0 Å². The van der Waals surface area contributed by atoms with Crippen LogP contribution >= 0.6 is 0 Å². The number of likely N-dealkylation sites (tertiary alicyclic amines) is 1. The van der Waals surface area contributed by atoms with E-state index in [-0.39, 0.29) is 18.3 Å². The van der Waals surface area contributed by atoms with E-state index < -0.39 is 0 Å². The molecule has 0 spiro atoms. The molecule has 2 aromatic rings. The number of carbonyl (C=O) groups is 1. The molecule has 0 saturated carbocycles. The molecule has 1 aliphatic heterocycles. The Hall–Kier alpha value is -2.64. The molecule has 0 radical (unpaired) electrons. The van der Waals surface area contributed by atoms with Gasteiger partial charge in [-0.05, 0) is 39.0 Å². The Balaban J connectivity index is 1.53. The zero-order valence-electron chi connectivity index (χ0n) is 17.1. The standard InChI is InChI=1S/C20H29N5O3/c1-14-17(19(27-3)23-20(22-14)28-4)13-18(26)25-10-6-16(7-11-25)5-9-24-12-8-21-15(24)2/h8,12,16H,5-7,9-11,13H2,1-4H3. The molecular formula is C20H29N5O3. The summed E-state index contributed by atoms with van der Waals surface area (Å²) in [7, 11) is 3.06. The summed E-state index contributed by atoms with van der Waals surface area (Å²) in [5, 5.41) is 0. The molecule has 8 heteroatoms. The maximum atomic E-state index is 12.8. The molecule has 0 N–H and O–H groups in total. The van der Waals surface area contributed by atoms with Crippen LogP contribution < -0.4 is 9.47 Å². The molecule has 0 aromatic carbocycles. The molecule has 152 valence electrons. The van der Waals surface area contributed by atoms with Crippen LogP contribution in [0, 0.1) is 19.8 Å². The van der Waals surface area contributed by atoms with Crippen molar-refractivity contribution < 1.29 is 14.3 Å². The quantitative estimate of drug-likeness (QED) is 0.724. The second kappa shape index (κ2) is 9.03. The first kappa shape index (κ1) is 20.1. The average molecular weight is 387 g/mol. The van der Waals surface area contributed by atoms with Gasteiger partial charge >= 0.3 is 6.01 Å². The Morgan fingerprint density at radius 1 is 1.18 bits per heavy atom. The monoisotopic (exact) mass is 387 g/mol. The highest BCUT2D eigenvalue weighted by atomic mass is 16.5. The smallest absolute Gasteiger partial charge is 0.319 e. The summed E-state index contributed by atoms with van der Waals surface area (Å²) in [5.74, 6) is 2.20. The van der Waals surface area contributed by atoms with E-state index in [9.17, 15) is 4.79 Å². The highest BCUT2D eigenvalue weighted by molar-refractivity contribution is 5.79. The summed E-state index contributed by atoms with van der Waals surface area (Å²) in [6, 6.07) is 0.250. The van der Waals surface area contributed by atoms with E-state index in [0.29, 0.717) is 17.5 Å². The summed E-state index contributed by atoms with van der Waals surface area (Å²) in [5.41, 5.74) is 1.44. The molecule has 0 unspecified atom stereocenters. The van der Waals surface area contributed by atoms with E-state index >= 15 is 0 Å².